The molecule has 0 aromatic carbocycles. The highest BCUT2D eigenvalue weighted by Gasteiger charge is 2.48. The van der Waals surface area contributed by atoms with Crippen LogP contribution in [0.4, 0.5) is 0 Å². The second-order valence-corrected chi connectivity index (χ2v) is 10.8. The van der Waals surface area contributed by atoms with Crippen LogP contribution in [0, 0.1) is 17.8 Å². The van der Waals surface area contributed by atoms with E-state index in [1.165, 1.54) is 69.3 Å². The molecule has 4 nitrogen and oxygen atoms in total. The third-order valence-electron chi connectivity index (χ3n) is 6.58. The van der Waals surface area contributed by atoms with Crippen LogP contribution in [0.1, 0.15) is 64.2 Å². The number of carbonyl (C=O) groups excluding carboxylic acids is 1. The number of thioether (sulfide) groups is 2. The van der Waals surface area contributed by atoms with Crippen molar-refractivity contribution in [3.05, 3.63) is 0 Å². The Kier molecular flexibility index (Phi) is 9.14. The molecular weight excluding hydrogens is 378 g/mol. The number of rotatable bonds is 11. The fourth-order valence-electron chi connectivity index (χ4n) is 4.92. The van der Waals surface area contributed by atoms with E-state index >= 15 is 0 Å². The van der Waals surface area contributed by atoms with Crippen LogP contribution in [0.15, 0.2) is 0 Å². The van der Waals surface area contributed by atoms with Gasteiger partial charge in [0.1, 0.15) is 0 Å². The van der Waals surface area contributed by atoms with E-state index in [0.717, 1.165) is 36.3 Å². The highest BCUT2D eigenvalue weighted by Crippen LogP contribution is 2.46. The normalized spacial score (nSPS) is 30.7. The number of fused-ring (bicyclic) bond motifs is 2. The minimum absolute atomic E-state index is 0.184. The van der Waals surface area contributed by atoms with Gasteiger partial charge in [-0.25, -0.2) is 5.06 Å². The van der Waals surface area contributed by atoms with Gasteiger partial charge in [-0.3, -0.25) is 10.0 Å². The monoisotopic (exact) mass is 415 g/mol. The molecular formula is C21H37NO3S2. The van der Waals surface area contributed by atoms with Gasteiger partial charge in [-0.05, 0) is 67.5 Å². The van der Waals surface area contributed by atoms with Crippen molar-refractivity contribution in [2.24, 2.45) is 17.8 Å². The fourth-order valence-corrected chi connectivity index (χ4v) is 7.76. The second kappa shape index (κ2) is 11.3. The molecule has 0 spiro atoms. The lowest BCUT2D eigenvalue weighted by atomic mass is 9.81. The average molecular weight is 416 g/mol. The number of amides is 1. The first-order valence-electron chi connectivity index (χ1n) is 10.9. The first-order valence-corrected chi connectivity index (χ1v) is 13.2. The van der Waals surface area contributed by atoms with Crippen molar-refractivity contribution in [2.75, 3.05) is 30.1 Å². The van der Waals surface area contributed by atoms with Crippen molar-refractivity contribution in [3.8, 4) is 0 Å². The van der Waals surface area contributed by atoms with Crippen molar-refractivity contribution >= 4 is 29.4 Å². The standard InChI is InChI=1S/C21H37NO3S2/c1-22(24)21(23)9-5-6-12-26-14-17-18(20-11-10-19(17)25-20)15-27-13-16-7-3-2-4-8-16/h16-20,24H,2-15H2,1H3/t17-,18+,19-,20+/m1/s1. The molecule has 2 saturated heterocycles. The molecule has 27 heavy (non-hydrogen) atoms. The Morgan fingerprint density at radius 1 is 0.963 bits per heavy atom. The lowest BCUT2D eigenvalue weighted by Crippen LogP contribution is -2.31. The Morgan fingerprint density at radius 3 is 2.30 bits per heavy atom. The molecule has 1 aliphatic carbocycles. The predicted molar refractivity (Wildman–Crippen MR) is 115 cm³/mol. The van der Waals surface area contributed by atoms with Crippen LogP contribution in [-0.4, -0.2) is 58.4 Å². The SMILES string of the molecule is CN(O)C(=O)CCCCSC[C@@H]1[C@H](CSCC2CCCCC2)[C@@H]2CC[C@H]1O2. The summed E-state index contributed by atoms with van der Waals surface area (Å²) in [6.45, 7) is 0. The minimum atomic E-state index is -0.184. The van der Waals surface area contributed by atoms with Crippen molar-refractivity contribution in [2.45, 2.75) is 76.4 Å². The largest absolute Gasteiger partial charge is 0.374 e. The first-order chi connectivity index (χ1) is 13.1. The number of ether oxygens (including phenoxy) is 1. The Morgan fingerprint density at radius 2 is 1.63 bits per heavy atom. The number of nitrogens with zero attached hydrogens (tertiary/aromatic N) is 1. The molecule has 2 aliphatic heterocycles. The molecule has 2 heterocycles. The van der Waals surface area contributed by atoms with Crippen molar-refractivity contribution in [3.63, 3.8) is 0 Å². The number of hydrogen-bond acceptors (Lipinski definition) is 5. The number of carbonyl (C=O) groups is 1. The Hall–Kier alpha value is 0.0900. The lowest BCUT2D eigenvalue weighted by Gasteiger charge is -2.28. The maximum absolute atomic E-state index is 11.4. The molecule has 1 amide bonds. The van der Waals surface area contributed by atoms with Gasteiger partial charge in [-0.1, -0.05) is 19.3 Å². The highest BCUT2D eigenvalue weighted by molar-refractivity contribution is 7.99. The molecule has 2 bridgehead atoms. The summed E-state index contributed by atoms with van der Waals surface area (Å²) >= 11 is 4.24. The maximum Gasteiger partial charge on any atom is 0.245 e. The van der Waals surface area contributed by atoms with E-state index < -0.39 is 0 Å². The Labute approximate surface area is 173 Å². The predicted octanol–water partition coefficient (Wildman–Crippen LogP) is 4.84. The number of unbranched alkanes of at least 4 members (excludes halogenated alkanes) is 1. The van der Waals surface area contributed by atoms with Crippen LogP contribution in [0.25, 0.3) is 0 Å². The quantitative estimate of drug-likeness (QED) is 0.297. The van der Waals surface area contributed by atoms with Gasteiger partial charge in [0.05, 0.1) is 12.2 Å². The van der Waals surface area contributed by atoms with E-state index in [1.54, 1.807) is 0 Å². The Bertz CT molecular complexity index is 457. The van der Waals surface area contributed by atoms with Crippen LogP contribution < -0.4 is 0 Å². The lowest BCUT2D eigenvalue weighted by molar-refractivity contribution is -0.159. The highest BCUT2D eigenvalue weighted by atomic mass is 32.2. The van der Waals surface area contributed by atoms with E-state index in [1.807, 2.05) is 11.8 Å². The summed E-state index contributed by atoms with van der Waals surface area (Å²) in [5.74, 6) is 7.25. The number of hydrogen-bond donors (Lipinski definition) is 1. The molecule has 3 fully saturated rings. The third-order valence-corrected chi connectivity index (χ3v) is 9.11. The summed E-state index contributed by atoms with van der Waals surface area (Å²) in [4.78, 5) is 11.4. The first kappa shape index (κ1) is 21.8. The molecule has 6 heteroatoms. The van der Waals surface area contributed by atoms with Gasteiger partial charge in [0.2, 0.25) is 5.91 Å². The summed E-state index contributed by atoms with van der Waals surface area (Å²) < 4.78 is 6.27. The minimum Gasteiger partial charge on any atom is -0.374 e. The van der Waals surface area contributed by atoms with E-state index in [4.69, 9.17) is 9.94 Å². The van der Waals surface area contributed by atoms with Gasteiger partial charge < -0.3 is 4.74 Å². The second-order valence-electron chi connectivity index (χ2n) is 8.61. The smallest absolute Gasteiger partial charge is 0.245 e. The van der Waals surface area contributed by atoms with Gasteiger partial charge in [0, 0.05) is 25.3 Å². The molecule has 0 aromatic heterocycles. The topological polar surface area (TPSA) is 49.8 Å². The summed E-state index contributed by atoms with van der Waals surface area (Å²) in [5, 5.41) is 9.78. The average Bonchev–Trinajstić information content (AvgIpc) is 3.27. The molecule has 0 aromatic rings. The molecule has 0 unspecified atom stereocenters. The summed E-state index contributed by atoms with van der Waals surface area (Å²) in [6.07, 6.45) is 13.2. The fraction of sp³-hybridized carbons (Fsp3) is 0.952. The van der Waals surface area contributed by atoms with Gasteiger partial charge >= 0.3 is 0 Å². The summed E-state index contributed by atoms with van der Waals surface area (Å²) in [6, 6.07) is 0. The molecule has 0 radical (unpaired) electrons. The van der Waals surface area contributed by atoms with E-state index in [-0.39, 0.29) is 5.91 Å². The van der Waals surface area contributed by atoms with E-state index in [2.05, 4.69) is 11.8 Å². The molecule has 4 atom stereocenters. The zero-order valence-electron chi connectivity index (χ0n) is 16.8. The number of hydroxylamine groups is 2. The Balaban J connectivity index is 1.31. The zero-order valence-corrected chi connectivity index (χ0v) is 18.4. The summed E-state index contributed by atoms with van der Waals surface area (Å²) in [5.41, 5.74) is 0. The van der Waals surface area contributed by atoms with Crippen molar-refractivity contribution in [1.29, 1.82) is 0 Å². The molecule has 1 saturated carbocycles. The molecule has 156 valence electrons. The summed E-state index contributed by atoms with van der Waals surface area (Å²) in [7, 11) is 1.40. The molecule has 1 N–H and O–H groups in total. The van der Waals surface area contributed by atoms with Crippen molar-refractivity contribution in [1.82, 2.24) is 5.06 Å². The van der Waals surface area contributed by atoms with Crippen LogP contribution in [0.2, 0.25) is 0 Å². The molecule has 3 aliphatic rings. The van der Waals surface area contributed by atoms with Gasteiger partial charge in [0.25, 0.3) is 0 Å². The van der Waals surface area contributed by atoms with E-state index in [9.17, 15) is 4.79 Å². The van der Waals surface area contributed by atoms with Gasteiger partial charge in [-0.2, -0.15) is 23.5 Å². The van der Waals surface area contributed by atoms with Crippen LogP contribution in [-0.2, 0) is 9.53 Å². The van der Waals surface area contributed by atoms with Crippen LogP contribution >= 0.6 is 23.5 Å². The van der Waals surface area contributed by atoms with Crippen LogP contribution in [0.5, 0.6) is 0 Å². The van der Waals surface area contributed by atoms with Gasteiger partial charge in [-0.15, -0.1) is 0 Å². The van der Waals surface area contributed by atoms with Crippen LogP contribution in [0.3, 0.4) is 0 Å². The third kappa shape index (κ3) is 6.55. The van der Waals surface area contributed by atoms with Crippen molar-refractivity contribution < 1.29 is 14.7 Å². The zero-order chi connectivity index (χ0) is 19.1. The maximum atomic E-state index is 11.4. The van der Waals surface area contributed by atoms with Gasteiger partial charge in [0.15, 0.2) is 0 Å². The van der Waals surface area contributed by atoms with E-state index in [0.29, 0.717) is 23.7 Å². The molecule has 3 rings (SSSR count).